The zero-order chi connectivity index (χ0) is 19.3. The van der Waals surface area contributed by atoms with E-state index in [4.69, 9.17) is 18.5 Å². The highest BCUT2D eigenvalue weighted by atomic mass is 31.2. The van der Waals surface area contributed by atoms with E-state index in [1.165, 1.54) is 0 Å². The summed E-state index contributed by atoms with van der Waals surface area (Å²) in [5.41, 5.74) is 0. The van der Waals surface area contributed by atoms with Crippen LogP contribution >= 0.6 is 7.82 Å². The number of ether oxygens (including phenoxy) is 2. The second kappa shape index (κ2) is 12.8. The zero-order valence-corrected chi connectivity index (χ0v) is 15.6. The largest absolute Gasteiger partial charge is 0.472 e. The minimum absolute atomic E-state index is 0.0520. The Labute approximate surface area is 148 Å². The van der Waals surface area contributed by atoms with Crippen molar-refractivity contribution in [3.8, 4) is 0 Å². The SMILES string of the molecule is C=CC(=O)OCC(CC)COP(=O)(O)OCC(CC)COC(=O)C=C. The van der Waals surface area contributed by atoms with E-state index in [0.717, 1.165) is 12.2 Å². The van der Waals surface area contributed by atoms with Crippen molar-refractivity contribution in [3.63, 3.8) is 0 Å². The predicted octanol–water partition coefficient (Wildman–Crippen LogP) is 2.63. The lowest BCUT2D eigenvalue weighted by atomic mass is 10.1. The third kappa shape index (κ3) is 11.7. The molecule has 0 aromatic rings. The molecule has 0 bridgehead atoms. The lowest BCUT2D eigenvalue weighted by molar-refractivity contribution is -0.140. The standard InChI is InChI=1S/C16H27O8P/c1-5-13(9-21-15(17)7-3)11-23-25(19,20)24-12-14(6-2)10-22-16(18)8-4/h7-8,13-14H,3-6,9-12H2,1-2H3,(H,19,20). The molecule has 0 saturated carbocycles. The quantitative estimate of drug-likeness (QED) is 0.279. The molecule has 9 heteroatoms. The van der Waals surface area contributed by atoms with E-state index < -0.39 is 19.8 Å². The van der Waals surface area contributed by atoms with Gasteiger partial charge in [0.05, 0.1) is 26.4 Å². The Morgan fingerprint density at radius 1 is 0.920 bits per heavy atom. The summed E-state index contributed by atoms with van der Waals surface area (Å²) >= 11 is 0. The number of phosphoric ester groups is 1. The van der Waals surface area contributed by atoms with Crippen LogP contribution in [0.2, 0.25) is 0 Å². The molecular formula is C16H27O8P. The van der Waals surface area contributed by atoms with Gasteiger partial charge < -0.3 is 14.4 Å². The Kier molecular flexibility index (Phi) is 12.1. The van der Waals surface area contributed by atoms with Crippen LogP contribution in [0.3, 0.4) is 0 Å². The molecule has 2 atom stereocenters. The lowest BCUT2D eigenvalue weighted by Gasteiger charge is -2.20. The molecule has 0 spiro atoms. The number of phosphoric acid groups is 1. The molecule has 0 rings (SSSR count). The average Bonchev–Trinajstić information content (AvgIpc) is 2.61. The zero-order valence-electron chi connectivity index (χ0n) is 14.7. The third-order valence-electron chi connectivity index (χ3n) is 3.36. The number of rotatable bonds is 14. The minimum Gasteiger partial charge on any atom is -0.462 e. The van der Waals surface area contributed by atoms with Crippen molar-refractivity contribution in [2.75, 3.05) is 26.4 Å². The summed E-state index contributed by atoms with van der Waals surface area (Å²) in [6.07, 6.45) is 3.24. The van der Waals surface area contributed by atoms with E-state index >= 15 is 0 Å². The van der Waals surface area contributed by atoms with Gasteiger partial charge in [0.2, 0.25) is 0 Å². The van der Waals surface area contributed by atoms with E-state index in [0.29, 0.717) is 12.8 Å². The molecule has 0 aliphatic rings. The van der Waals surface area contributed by atoms with Gasteiger partial charge in [0.25, 0.3) is 0 Å². The van der Waals surface area contributed by atoms with Crippen molar-refractivity contribution in [1.29, 1.82) is 0 Å². The van der Waals surface area contributed by atoms with E-state index in [1.54, 1.807) is 0 Å². The van der Waals surface area contributed by atoms with Crippen LogP contribution in [-0.4, -0.2) is 43.3 Å². The van der Waals surface area contributed by atoms with Crippen LogP contribution in [0.1, 0.15) is 26.7 Å². The minimum atomic E-state index is -4.26. The first-order chi connectivity index (χ1) is 11.8. The summed E-state index contributed by atoms with van der Waals surface area (Å²) < 4.78 is 31.6. The normalized spacial score (nSPS) is 15.5. The topological polar surface area (TPSA) is 108 Å². The molecule has 0 radical (unpaired) electrons. The van der Waals surface area contributed by atoms with Crippen molar-refractivity contribution in [2.45, 2.75) is 26.7 Å². The van der Waals surface area contributed by atoms with Crippen LogP contribution in [0.4, 0.5) is 0 Å². The Hall–Kier alpha value is -1.47. The van der Waals surface area contributed by atoms with Crippen molar-refractivity contribution in [2.24, 2.45) is 11.8 Å². The van der Waals surface area contributed by atoms with Gasteiger partial charge in [-0.1, -0.05) is 27.0 Å². The predicted molar refractivity (Wildman–Crippen MR) is 91.6 cm³/mol. The van der Waals surface area contributed by atoms with Crippen molar-refractivity contribution < 1.29 is 37.6 Å². The molecule has 8 nitrogen and oxygen atoms in total. The molecule has 0 saturated heterocycles. The number of carbonyl (C=O) groups is 2. The molecular weight excluding hydrogens is 351 g/mol. The highest BCUT2D eigenvalue weighted by Gasteiger charge is 2.25. The van der Waals surface area contributed by atoms with E-state index in [1.807, 2.05) is 13.8 Å². The lowest BCUT2D eigenvalue weighted by Crippen LogP contribution is -2.19. The fraction of sp³-hybridized carbons (Fsp3) is 0.625. The van der Waals surface area contributed by atoms with Gasteiger partial charge in [0.1, 0.15) is 0 Å². The third-order valence-corrected chi connectivity index (χ3v) is 4.31. The van der Waals surface area contributed by atoms with Gasteiger partial charge in [-0.05, 0) is 12.8 Å². The Balaban J connectivity index is 4.29. The molecule has 1 N–H and O–H groups in total. The highest BCUT2D eigenvalue weighted by molar-refractivity contribution is 7.47. The van der Waals surface area contributed by atoms with Gasteiger partial charge >= 0.3 is 19.8 Å². The Bertz CT molecular complexity index is 451. The molecule has 0 aliphatic carbocycles. The summed E-state index contributed by atoms with van der Waals surface area (Å²) in [5.74, 6) is -1.63. The molecule has 0 aliphatic heterocycles. The summed E-state index contributed by atoms with van der Waals surface area (Å²) in [4.78, 5) is 31.8. The first kappa shape index (κ1) is 23.5. The fourth-order valence-corrected chi connectivity index (χ4v) is 2.39. The molecule has 2 unspecified atom stereocenters. The summed E-state index contributed by atoms with van der Waals surface area (Å²) in [5, 5.41) is 0. The van der Waals surface area contributed by atoms with Gasteiger partial charge in [0.15, 0.2) is 0 Å². The first-order valence-corrected chi connectivity index (χ1v) is 9.47. The number of hydrogen-bond donors (Lipinski definition) is 1. The van der Waals surface area contributed by atoms with Gasteiger partial charge in [0, 0.05) is 24.0 Å². The monoisotopic (exact) mass is 378 g/mol. The summed E-state index contributed by atoms with van der Waals surface area (Å²) in [7, 11) is -4.26. The maximum absolute atomic E-state index is 11.9. The van der Waals surface area contributed by atoms with E-state index in [2.05, 4.69) is 13.2 Å². The van der Waals surface area contributed by atoms with Gasteiger partial charge in [-0.3, -0.25) is 9.05 Å². The van der Waals surface area contributed by atoms with Gasteiger partial charge in [-0.15, -0.1) is 0 Å². The number of esters is 2. The van der Waals surface area contributed by atoms with E-state index in [-0.39, 0.29) is 38.3 Å². The molecule has 0 heterocycles. The molecule has 0 aromatic carbocycles. The number of hydrogen-bond acceptors (Lipinski definition) is 7. The van der Waals surface area contributed by atoms with Gasteiger partial charge in [-0.2, -0.15) is 0 Å². The van der Waals surface area contributed by atoms with Crippen molar-refractivity contribution in [1.82, 2.24) is 0 Å². The van der Waals surface area contributed by atoms with Crippen LogP contribution in [0.5, 0.6) is 0 Å². The summed E-state index contributed by atoms with van der Waals surface area (Å²) in [6, 6.07) is 0. The van der Waals surface area contributed by atoms with E-state index in [9.17, 15) is 19.0 Å². The highest BCUT2D eigenvalue weighted by Crippen LogP contribution is 2.44. The van der Waals surface area contributed by atoms with Crippen LogP contribution in [0.15, 0.2) is 25.3 Å². The molecule has 0 amide bonds. The Morgan fingerprint density at radius 2 is 1.28 bits per heavy atom. The van der Waals surface area contributed by atoms with Crippen molar-refractivity contribution in [3.05, 3.63) is 25.3 Å². The van der Waals surface area contributed by atoms with Gasteiger partial charge in [-0.25, -0.2) is 14.2 Å². The average molecular weight is 378 g/mol. The maximum Gasteiger partial charge on any atom is 0.472 e. The molecule has 0 fully saturated rings. The van der Waals surface area contributed by atoms with Crippen LogP contribution in [0.25, 0.3) is 0 Å². The fourth-order valence-electron chi connectivity index (χ4n) is 1.52. The van der Waals surface area contributed by atoms with Crippen LogP contribution in [0, 0.1) is 11.8 Å². The van der Waals surface area contributed by atoms with Crippen LogP contribution in [-0.2, 0) is 32.7 Å². The molecule has 25 heavy (non-hydrogen) atoms. The smallest absolute Gasteiger partial charge is 0.462 e. The second-order valence-corrected chi connectivity index (χ2v) is 6.73. The second-order valence-electron chi connectivity index (χ2n) is 5.28. The van der Waals surface area contributed by atoms with Crippen LogP contribution < -0.4 is 0 Å². The Morgan fingerprint density at radius 3 is 1.56 bits per heavy atom. The van der Waals surface area contributed by atoms with Crippen molar-refractivity contribution >= 4 is 19.8 Å². The first-order valence-electron chi connectivity index (χ1n) is 7.98. The molecule has 144 valence electrons. The molecule has 0 aromatic heterocycles. The number of carbonyl (C=O) groups excluding carboxylic acids is 2. The summed E-state index contributed by atoms with van der Waals surface area (Å²) in [6.45, 7) is 10.1. The maximum atomic E-state index is 11.9.